The Morgan fingerprint density at radius 1 is 1.29 bits per heavy atom. The topological polar surface area (TPSA) is 20.2 Å². The van der Waals surface area contributed by atoms with Gasteiger partial charge in [0.2, 0.25) is 0 Å². The standard InChI is InChI=1S/C13H22O/c1-2-3-4-9-13(14)11-10-12-7-5-6-8-12/h12-14H,4-11H2,1H3. The van der Waals surface area contributed by atoms with Crippen LogP contribution in [-0.2, 0) is 0 Å². The summed E-state index contributed by atoms with van der Waals surface area (Å²) in [5.74, 6) is 6.76. The first-order valence-electron chi connectivity index (χ1n) is 5.90. The van der Waals surface area contributed by atoms with Crippen LogP contribution in [0.2, 0.25) is 0 Å². The normalized spacial score (nSPS) is 19.0. The maximum absolute atomic E-state index is 9.67. The van der Waals surface area contributed by atoms with Crippen molar-refractivity contribution in [2.24, 2.45) is 5.92 Å². The highest BCUT2D eigenvalue weighted by atomic mass is 16.3. The fraction of sp³-hybridized carbons (Fsp3) is 0.846. The van der Waals surface area contributed by atoms with Gasteiger partial charge < -0.3 is 5.11 Å². The van der Waals surface area contributed by atoms with Crippen molar-refractivity contribution >= 4 is 0 Å². The second-order valence-electron chi connectivity index (χ2n) is 4.35. The van der Waals surface area contributed by atoms with Gasteiger partial charge in [-0.05, 0) is 32.1 Å². The Morgan fingerprint density at radius 3 is 2.64 bits per heavy atom. The van der Waals surface area contributed by atoms with Gasteiger partial charge in [-0.25, -0.2) is 0 Å². The molecule has 0 aromatic carbocycles. The summed E-state index contributed by atoms with van der Waals surface area (Å²) in [7, 11) is 0. The largest absolute Gasteiger partial charge is 0.393 e. The fourth-order valence-electron chi connectivity index (χ4n) is 2.24. The molecule has 1 aliphatic rings. The minimum atomic E-state index is -0.114. The molecule has 1 aliphatic carbocycles. The highest BCUT2D eigenvalue weighted by Crippen LogP contribution is 2.29. The van der Waals surface area contributed by atoms with Gasteiger partial charge in [-0.1, -0.05) is 25.7 Å². The summed E-state index contributed by atoms with van der Waals surface area (Å²) in [5.41, 5.74) is 0. The SMILES string of the molecule is CC#CCCC(O)CCC1CCCC1. The Kier molecular flexibility index (Phi) is 5.71. The molecule has 0 radical (unpaired) electrons. The van der Waals surface area contributed by atoms with Gasteiger partial charge in [0.1, 0.15) is 0 Å². The molecule has 0 spiro atoms. The van der Waals surface area contributed by atoms with E-state index in [1.165, 1.54) is 32.1 Å². The third-order valence-corrected chi connectivity index (χ3v) is 3.16. The lowest BCUT2D eigenvalue weighted by atomic mass is 9.98. The molecule has 0 aliphatic heterocycles. The summed E-state index contributed by atoms with van der Waals surface area (Å²) in [4.78, 5) is 0. The first-order chi connectivity index (χ1) is 6.83. The molecule has 0 amide bonds. The van der Waals surface area contributed by atoms with E-state index in [9.17, 15) is 5.11 Å². The summed E-state index contributed by atoms with van der Waals surface area (Å²) in [6.07, 6.45) is 9.39. The van der Waals surface area contributed by atoms with E-state index in [1.807, 2.05) is 6.92 Å². The summed E-state index contributed by atoms with van der Waals surface area (Å²) < 4.78 is 0. The zero-order chi connectivity index (χ0) is 10.2. The van der Waals surface area contributed by atoms with Gasteiger partial charge in [0, 0.05) is 6.42 Å². The first kappa shape index (κ1) is 11.6. The highest BCUT2D eigenvalue weighted by molar-refractivity contribution is 4.95. The summed E-state index contributed by atoms with van der Waals surface area (Å²) >= 11 is 0. The molecule has 1 heteroatoms. The number of aliphatic hydroxyl groups excluding tert-OH is 1. The first-order valence-corrected chi connectivity index (χ1v) is 5.90. The Labute approximate surface area is 87.9 Å². The lowest BCUT2D eigenvalue weighted by Gasteiger charge is -2.12. The van der Waals surface area contributed by atoms with Gasteiger partial charge in [0.15, 0.2) is 0 Å². The summed E-state index contributed by atoms with van der Waals surface area (Å²) in [5, 5.41) is 9.67. The molecule has 80 valence electrons. The second kappa shape index (κ2) is 6.90. The molecule has 0 heterocycles. The minimum absolute atomic E-state index is 0.114. The third kappa shape index (κ3) is 4.67. The van der Waals surface area contributed by atoms with Crippen LogP contribution in [0.4, 0.5) is 0 Å². The van der Waals surface area contributed by atoms with E-state index in [1.54, 1.807) is 0 Å². The maximum atomic E-state index is 9.67. The van der Waals surface area contributed by atoms with E-state index in [4.69, 9.17) is 0 Å². The second-order valence-corrected chi connectivity index (χ2v) is 4.35. The number of aliphatic hydroxyl groups is 1. The summed E-state index contributed by atoms with van der Waals surface area (Å²) in [6, 6.07) is 0. The number of hydrogen-bond acceptors (Lipinski definition) is 1. The average molecular weight is 194 g/mol. The zero-order valence-corrected chi connectivity index (χ0v) is 9.26. The summed E-state index contributed by atoms with van der Waals surface area (Å²) in [6.45, 7) is 1.85. The number of rotatable bonds is 5. The van der Waals surface area contributed by atoms with Crippen LogP contribution in [-0.4, -0.2) is 11.2 Å². The Morgan fingerprint density at radius 2 is 2.00 bits per heavy atom. The smallest absolute Gasteiger partial charge is 0.0549 e. The van der Waals surface area contributed by atoms with Crippen molar-refractivity contribution in [1.82, 2.24) is 0 Å². The zero-order valence-electron chi connectivity index (χ0n) is 9.26. The van der Waals surface area contributed by atoms with Crippen molar-refractivity contribution in [3.8, 4) is 11.8 Å². The third-order valence-electron chi connectivity index (χ3n) is 3.16. The van der Waals surface area contributed by atoms with Crippen molar-refractivity contribution in [1.29, 1.82) is 0 Å². The molecule has 0 aromatic rings. The van der Waals surface area contributed by atoms with E-state index < -0.39 is 0 Å². The lowest BCUT2D eigenvalue weighted by Crippen LogP contribution is -2.08. The van der Waals surface area contributed by atoms with Gasteiger partial charge in [0.25, 0.3) is 0 Å². The quantitative estimate of drug-likeness (QED) is 0.667. The van der Waals surface area contributed by atoms with Crippen molar-refractivity contribution in [2.45, 2.75) is 64.4 Å². The van der Waals surface area contributed by atoms with Crippen LogP contribution < -0.4 is 0 Å². The highest BCUT2D eigenvalue weighted by Gasteiger charge is 2.15. The van der Waals surface area contributed by atoms with Crippen molar-refractivity contribution in [2.75, 3.05) is 0 Å². The van der Waals surface area contributed by atoms with E-state index in [0.29, 0.717) is 0 Å². The molecule has 1 unspecified atom stereocenters. The molecule has 1 saturated carbocycles. The Bertz CT molecular complexity index is 193. The van der Waals surface area contributed by atoms with Crippen molar-refractivity contribution < 1.29 is 5.11 Å². The molecular formula is C13H22O. The molecule has 1 rings (SSSR count). The average Bonchev–Trinajstić information content (AvgIpc) is 2.68. The molecule has 0 saturated heterocycles. The number of hydrogen-bond donors (Lipinski definition) is 1. The van der Waals surface area contributed by atoms with Crippen LogP contribution >= 0.6 is 0 Å². The van der Waals surface area contributed by atoms with Crippen LogP contribution in [0.3, 0.4) is 0 Å². The molecule has 0 bridgehead atoms. The molecule has 1 fully saturated rings. The monoisotopic (exact) mass is 194 g/mol. The molecule has 1 N–H and O–H groups in total. The van der Waals surface area contributed by atoms with E-state index in [2.05, 4.69) is 11.8 Å². The van der Waals surface area contributed by atoms with Gasteiger partial charge in [0.05, 0.1) is 6.10 Å². The molecule has 1 nitrogen and oxygen atoms in total. The van der Waals surface area contributed by atoms with Gasteiger partial charge in [-0.15, -0.1) is 11.8 Å². The molecule has 14 heavy (non-hydrogen) atoms. The van der Waals surface area contributed by atoms with Crippen molar-refractivity contribution in [3.63, 3.8) is 0 Å². The minimum Gasteiger partial charge on any atom is -0.393 e. The lowest BCUT2D eigenvalue weighted by molar-refractivity contribution is 0.147. The van der Waals surface area contributed by atoms with Crippen LogP contribution in [0.15, 0.2) is 0 Å². The molecule has 0 aromatic heterocycles. The van der Waals surface area contributed by atoms with Crippen LogP contribution in [0.5, 0.6) is 0 Å². The van der Waals surface area contributed by atoms with Crippen LogP contribution in [0.25, 0.3) is 0 Å². The maximum Gasteiger partial charge on any atom is 0.0549 e. The Balaban J connectivity index is 2.00. The molecular weight excluding hydrogens is 172 g/mol. The Hall–Kier alpha value is -0.480. The van der Waals surface area contributed by atoms with Gasteiger partial charge in [-0.3, -0.25) is 0 Å². The van der Waals surface area contributed by atoms with E-state index >= 15 is 0 Å². The van der Waals surface area contributed by atoms with Gasteiger partial charge in [-0.2, -0.15) is 0 Å². The van der Waals surface area contributed by atoms with E-state index in [-0.39, 0.29) is 6.10 Å². The molecule has 1 atom stereocenters. The van der Waals surface area contributed by atoms with E-state index in [0.717, 1.165) is 25.2 Å². The van der Waals surface area contributed by atoms with Crippen molar-refractivity contribution in [3.05, 3.63) is 0 Å². The predicted molar refractivity (Wildman–Crippen MR) is 59.9 cm³/mol. The van der Waals surface area contributed by atoms with Crippen LogP contribution in [0.1, 0.15) is 58.3 Å². The van der Waals surface area contributed by atoms with Crippen LogP contribution in [0, 0.1) is 17.8 Å². The predicted octanol–water partition coefficient (Wildman–Crippen LogP) is 3.12. The van der Waals surface area contributed by atoms with Gasteiger partial charge >= 0.3 is 0 Å². The fourth-order valence-corrected chi connectivity index (χ4v) is 2.24.